The van der Waals surface area contributed by atoms with Crippen LogP contribution in [0.25, 0.3) is 5.69 Å². The van der Waals surface area contributed by atoms with E-state index in [-0.39, 0.29) is 23.6 Å². The first-order chi connectivity index (χ1) is 15.5. The second kappa shape index (κ2) is 9.60. The largest absolute Gasteiger partial charge is 0.508 e. The molecule has 0 aliphatic carbocycles. The first kappa shape index (κ1) is 21.5. The van der Waals surface area contributed by atoms with Crippen LogP contribution in [0.4, 0.5) is 0 Å². The lowest BCUT2D eigenvalue weighted by atomic mass is 10.0. The number of amides is 2. The summed E-state index contributed by atoms with van der Waals surface area (Å²) in [5.41, 5.74) is 1.68. The molecular formula is C25H27N3O4. The summed E-state index contributed by atoms with van der Waals surface area (Å²) in [4.78, 5) is 27.2. The maximum absolute atomic E-state index is 12.9. The van der Waals surface area contributed by atoms with Crippen LogP contribution in [0, 0.1) is 0 Å². The number of rotatable bonds is 6. The van der Waals surface area contributed by atoms with Gasteiger partial charge in [-0.05, 0) is 80.4 Å². The molecule has 1 aromatic heterocycles. The maximum atomic E-state index is 12.9. The number of benzene rings is 2. The summed E-state index contributed by atoms with van der Waals surface area (Å²) < 4.78 is 7.63. The van der Waals surface area contributed by atoms with Crippen molar-refractivity contribution >= 4 is 11.8 Å². The lowest BCUT2D eigenvalue weighted by Crippen LogP contribution is -2.49. The Morgan fingerprint density at radius 2 is 1.62 bits per heavy atom. The number of ether oxygens (including phenoxy) is 1. The smallest absolute Gasteiger partial charge is 0.260 e. The third-order valence-electron chi connectivity index (χ3n) is 5.66. The Bertz CT molecular complexity index is 1040. The third kappa shape index (κ3) is 5.11. The molecule has 1 aliphatic rings. The second-order valence-electron chi connectivity index (χ2n) is 7.97. The van der Waals surface area contributed by atoms with Crippen LogP contribution in [0.2, 0.25) is 0 Å². The number of nitrogens with zero attached hydrogens (tertiary/aromatic N) is 2. The average Bonchev–Trinajstić information content (AvgIpc) is 3.36. The average molecular weight is 434 g/mol. The standard InChI is InChI=1S/C25H27N3O4/c1-18(32-23-10-8-22(29)9-11-23)24(30)26-20-12-16-28(17-13-20)25(31)19-4-6-21(7-5-19)27-14-2-3-15-27/h2-11,14-15,18,20,29H,12-13,16-17H2,1H3,(H,26,30). The summed E-state index contributed by atoms with van der Waals surface area (Å²) in [7, 11) is 0. The molecule has 166 valence electrons. The number of likely N-dealkylation sites (tertiary alicyclic amines) is 1. The van der Waals surface area contributed by atoms with Crippen molar-refractivity contribution in [3.05, 3.63) is 78.6 Å². The summed E-state index contributed by atoms with van der Waals surface area (Å²) in [6.07, 6.45) is 4.67. The molecule has 1 atom stereocenters. The van der Waals surface area contributed by atoms with E-state index in [1.165, 1.54) is 12.1 Å². The number of carbonyl (C=O) groups is 2. The number of piperidine rings is 1. The highest BCUT2D eigenvalue weighted by Gasteiger charge is 2.26. The number of aromatic nitrogens is 1. The maximum Gasteiger partial charge on any atom is 0.260 e. The van der Waals surface area contributed by atoms with Crippen molar-refractivity contribution in [2.75, 3.05) is 13.1 Å². The van der Waals surface area contributed by atoms with Crippen molar-refractivity contribution in [3.63, 3.8) is 0 Å². The SMILES string of the molecule is CC(Oc1ccc(O)cc1)C(=O)NC1CCN(C(=O)c2ccc(-n3cccc3)cc2)CC1. The Morgan fingerprint density at radius 1 is 1.00 bits per heavy atom. The van der Waals surface area contributed by atoms with E-state index in [9.17, 15) is 14.7 Å². The van der Waals surface area contributed by atoms with Crippen LogP contribution in [-0.2, 0) is 4.79 Å². The van der Waals surface area contributed by atoms with E-state index in [1.54, 1.807) is 19.1 Å². The molecule has 1 aliphatic heterocycles. The quantitative estimate of drug-likeness (QED) is 0.624. The normalized spacial score (nSPS) is 15.2. The van der Waals surface area contributed by atoms with Gasteiger partial charge >= 0.3 is 0 Å². The molecule has 1 saturated heterocycles. The molecule has 7 nitrogen and oxygen atoms in total. The molecule has 0 radical (unpaired) electrons. The van der Waals surface area contributed by atoms with Crippen molar-refractivity contribution < 1.29 is 19.4 Å². The first-order valence-corrected chi connectivity index (χ1v) is 10.8. The van der Waals surface area contributed by atoms with Gasteiger partial charge in [-0.1, -0.05) is 0 Å². The molecular weight excluding hydrogens is 406 g/mol. The molecule has 0 bridgehead atoms. The zero-order valence-corrected chi connectivity index (χ0v) is 18.0. The van der Waals surface area contributed by atoms with E-state index in [4.69, 9.17) is 4.74 Å². The predicted molar refractivity (Wildman–Crippen MR) is 121 cm³/mol. The van der Waals surface area contributed by atoms with Crippen LogP contribution in [0.5, 0.6) is 11.5 Å². The highest BCUT2D eigenvalue weighted by molar-refractivity contribution is 5.94. The summed E-state index contributed by atoms with van der Waals surface area (Å²) in [6.45, 7) is 2.88. The second-order valence-corrected chi connectivity index (χ2v) is 7.97. The zero-order chi connectivity index (χ0) is 22.5. The molecule has 3 aromatic rings. The van der Waals surface area contributed by atoms with Crippen LogP contribution in [0.3, 0.4) is 0 Å². The van der Waals surface area contributed by atoms with E-state index in [0.29, 0.717) is 37.2 Å². The van der Waals surface area contributed by atoms with Gasteiger partial charge in [0.25, 0.3) is 11.8 Å². The van der Waals surface area contributed by atoms with Gasteiger partial charge in [-0.3, -0.25) is 9.59 Å². The van der Waals surface area contributed by atoms with Crippen molar-refractivity contribution in [1.82, 2.24) is 14.8 Å². The first-order valence-electron chi connectivity index (χ1n) is 10.8. The van der Waals surface area contributed by atoms with Crippen molar-refractivity contribution in [3.8, 4) is 17.2 Å². The molecule has 2 N–H and O–H groups in total. The van der Waals surface area contributed by atoms with Gasteiger partial charge in [0.1, 0.15) is 11.5 Å². The number of nitrogens with one attached hydrogen (secondary N) is 1. The molecule has 4 rings (SSSR count). The van der Waals surface area contributed by atoms with E-state index in [1.807, 2.05) is 58.3 Å². The van der Waals surface area contributed by atoms with Gasteiger partial charge in [0.15, 0.2) is 6.10 Å². The monoisotopic (exact) mass is 433 g/mol. The topological polar surface area (TPSA) is 83.8 Å². The van der Waals surface area contributed by atoms with Crippen LogP contribution >= 0.6 is 0 Å². The number of carbonyl (C=O) groups excluding carboxylic acids is 2. The number of hydrogen-bond acceptors (Lipinski definition) is 4. The van der Waals surface area contributed by atoms with E-state index in [0.717, 1.165) is 5.69 Å². The minimum atomic E-state index is -0.655. The van der Waals surface area contributed by atoms with E-state index < -0.39 is 6.10 Å². The fourth-order valence-electron chi connectivity index (χ4n) is 3.79. The summed E-state index contributed by atoms with van der Waals surface area (Å²) >= 11 is 0. The molecule has 1 unspecified atom stereocenters. The molecule has 2 heterocycles. The Hall–Kier alpha value is -3.74. The molecule has 2 amide bonds. The van der Waals surface area contributed by atoms with E-state index in [2.05, 4.69) is 5.32 Å². The minimum Gasteiger partial charge on any atom is -0.508 e. The van der Waals surface area contributed by atoms with Gasteiger partial charge in [0.2, 0.25) is 0 Å². The molecule has 0 saturated carbocycles. The summed E-state index contributed by atoms with van der Waals surface area (Å²) in [5.74, 6) is 0.489. The molecule has 1 fully saturated rings. The summed E-state index contributed by atoms with van der Waals surface area (Å²) in [6, 6.07) is 17.8. The minimum absolute atomic E-state index is 0.00790. The van der Waals surface area contributed by atoms with Crippen LogP contribution in [-0.4, -0.2) is 51.6 Å². The third-order valence-corrected chi connectivity index (χ3v) is 5.66. The Labute approximate surface area is 187 Å². The van der Waals surface area contributed by atoms with Gasteiger partial charge < -0.3 is 24.6 Å². The van der Waals surface area contributed by atoms with Crippen molar-refractivity contribution in [1.29, 1.82) is 0 Å². The Kier molecular flexibility index (Phi) is 6.44. The number of aromatic hydroxyl groups is 1. The Balaban J connectivity index is 1.25. The van der Waals surface area contributed by atoms with E-state index >= 15 is 0 Å². The van der Waals surface area contributed by atoms with Gasteiger partial charge in [0.05, 0.1) is 0 Å². The number of phenols is 1. The van der Waals surface area contributed by atoms with Crippen LogP contribution in [0.15, 0.2) is 73.1 Å². The lowest BCUT2D eigenvalue weighted by Gasteiger charge is -2.33. The van der Waals surface area contributed by atoms with Crippen molar-refractivity contribution in [2.24, 2.45) is 0 Å². The molecule has 0 spiro atoms. The fraction of sp³-hybridized carbons (Fsp3) is 0.280. The number of phenolic OH excluding ortho intramolecular Hbond substituents is 1. The van der Waals surface area contributed by atoms with Gasteiger partial charge in [-0.15, -0.1) is 0 Å². The Morgan fingerprint density at radius 3 is 2.25 bits per heavy atom. The number of hydrogen-bond donors (Lipinski definition) is 2. The molecule has 2 aromatic carbocycles. The highest BCUT2D eigenvalue weighted by atomic mass is 16.5. The van der Waals surface area contributed by atoms with Crippen LogP contribution < -0.4 is 10.1 Å². The predicted octanol–water partition coefficient (Wildman–Crippen LogP) is 3.37. The van der Waals surface area contributed by atoms with Gasteiger partial charge in [-0.2, -0.15) is 0 Å². The highest BCUT2D eigenvalue weighted by Crippen LogP contribution is 2.19. The van der Waals surface area contributed by atoms with Gasteiger partial charge in [-0.25, -0.2) is 0 Å². The fourth-order valence-corrected chi connectivity index (χ4v) is 3.79. The van der Waals surface area contributed by atoms with Gasteiger partial charge in [0, 0.05) is 42.8 Å². The van der Waals surface area contributed by atoms with Crippen molar-refractivity contribution in [2.45, 2.75) is 31.9 Å². The lowest BCUT2D eigenvalue weighted by molar-refractivity contribution is -0.128. The molecule has 32 heavy (non-hydrogen) atoms. The van der Waals surface area contributed by atoms with Crippen LogP contribution in [0.1, 0.15) is 30.1 Å². The molecule has 7 heteroatoms. The zero-order valence-electron chi connectivity index (χ0n) is 18.0. The summed E-state index contributed by atoms with van der Waals surface area (Å²) in [5, 5.41) is 12.4.